The van der Waals surface area contributed by atoms with E-state index in [-0.39, 0.29) is 20.1 Å². The molecule has 3 heteroatoms. The van der Waals surface area contributed by atoms with Crippen LogP contribution in [0.2, 0.25) is 0 Å². The molecular formula is C12H11IrN2+. The van der Waals surface area contributed by atoms with Gasteiger partial charge < -0.3 is 0 Å². The second-order valence-corrected chi connectivity index (χ2v) is 3.61. The Morgan fingerprint density at radius 1 is 1.13 bits per heavy atom. The van der Waals surface area contributed by atoms with Crippen LogP contribution in [0.3, 0.4) is 0 Å². The van der Waals surface area contributed by atoms with E-state index < -0.39 is 0 Å². The average molecular weight is 375 g/mol. The van der Waals surface area contributed by atoms with Gasteiger partial charge in [-0.3, -0.25) is 4.57 Å². The number of nitrogens with zero attached hydrogens (tertiary/aromatic N) is 2. The fourth-order valence-electron chi connectivity index (χ4n) is 1.91. The molecule has 15 heavy (non-hydrogen) atoms. The van der Waals surface area contributed by atoms with E-state index in [0.29, 0.717) is 0 Å². The van der Waals surface area contributed by atoms with Gasteiger partial charge in [0.15, 0.2) is 11.8 Å². The summed E-state index contributed by atoms with van der Waals surface area (Å²) < 4.78 is 4.21. The van der Waals surface area contributed by atoms with Crippen LogP contribution in [-0.4, -0.2) is 8.97 Å². The van der Waals surface area contributed by atoms with E-state index in [4.69, 9.17) is 0 Å². The van der Waals surface area contributed by atoms with Crippen molar-refractivity contribution in [2.75, 3.05) is 0 Å². The van der Waals surface area contributed by atoms with E-state index in [1.807, 2.05) is 7.05 Å². The number of hydrogen-bond donors (Lipinski definition) is 0. The molecule has 0 atom stereocenters. The van der Waals surface area contributed by atoms with Crippen molar-refractivity contribution in [3.63, 3.8) is 0 Å². The first-order valence-corrected chi connectivity index (χ1v) is 4.69. The number of fused-ring (bicyclic) bond motifs is 3. The summed E-state index contributed by atoms with van der Waals surface area (Å²) >= 11 is 0. The Bertz CT molecular complexity index is 613. The van der Waals surface area contributed by atoms with Gasteiger partial charge in [0.25, 0.3) is 0 Å². The quantitative estimate of drug-likeness (QED) is 0.535. The van der Waals surface area contributed by atoms with Gasteiger partial charge in [0.1, 0.15) is 6.20 Å². The summed E-state index contributed by atoms with van der Waals surface area (Å²) in [5, 5.41) is 2.59. The molecule has 0 saturated heterocycles. The van der Waals surface area contributed by atoms with Crippen LogP contribution in [-0.2, 0) is 27.2 Å². The second kappa shape index (κ2) is 3.76. The van der Waals surface area contributed by atoms with Gasteiger partial charge in [-0.15, -0.1) is 0 Å². The molecule has 1 aromatic carbocycles. The SMILES string of the molecule is Cn1cc2c3ccccc3ccn2[cH+]1.[Ir]. The minimum atomic E-state index is 0. The normalized spacial score (nSPS) is 10.5. The predicted octanol–water partition coefficient (Wildman–Crippen LogP) is 2.71. The van der Waals surface area contributed by atoms with Gasteiger partial charge in [0.05, 0.1) is 11.6 Å². The summed E-state index contributed by atoms with van der Waals surface area (Å²) in [7, 11) is 2.04. The molecule has 0 unspecified atom stereocenters. The Kier molecular flexibility index (Phi) is 2.59. The second-order valence-electron chi connectivity index (χ2n) is 3.61. The first kappa shape index (κ1) is 10.3. The summed E-state index contributed by atoms with van der Waals surface area (Å²) in [5.74, 6) is 0. The van der Waals surface area contributed by atoms with Gasteiger partial charge in [-0.05, 0) is 6.07 Å². The molecule has 0 amide bonds. The molecule has 0 bridgehead atoms. The van der Waals surface area contributed by atoms with E-state index in [2.05, 4.69) is 58.0 Å². The summed E-state index contributed by atoms with van der Waals surface area (Å²) in [6, 6.07) is 10.6. The van der Waals surface area contributed by atoms with Gasteiger partial charge in [0.2, 0.25) is 0 Å². The Labute approximate surface area is 102 Å². The molecule has 2 aromatic heterocycles. The molecule has 3 aromatic rings. The van der Waals surface area contributed by atoms with Crippen LogP contribution in [0.15, 0.2) is 49.1 Å². The number of aromatic nitrogens is 2. The maximum absolute atomic E-state index is 2.16. The number of pyridine rings is 1. The number of aryl methyl sites for hydroxylation is 1. The fraction of sp³-hybridized carbons (Fsp3) is 0.0833. The van der Waals surface area contributed by atoms with Crippen molar-refractivity contribution in [3.05, 3.63) is 49.1 Å². The third-order valence-electron chi connectivity index (χ3n) is 2.56. The number of imidazole rings is 1. The van der Waals surface area contributed by atoms with Crippen LogP contribution >= 0.6 is 0 Å². The summed E-state index contributed by atoms with van der Waals surface area (Å²) in [6.07, 6.45) is 6.31. The summed E-state index contributed by atoms with van der Waals surface area (Å²) in [4.78, 5) is 0. The van der Waals surface area contributed by atoms with Gasteiger partial charge >= 0.3 is 0 Å². The zero-order valence-corrected chi connectivity index (χ0v) is 10.7. The number of benzene rings is 1. The summed E-state index contributed by atoms with van der Waals surface area (Å²) in [5.41, 5.74) is 1.26. The van der Waals surface area contributed by atoms with Gasteiger partial charge in [-0.2, -0.15) is 4.40 Å². The third kappa shape index (κ3) is 1.58. The van der Waals surface area contributed by atoms with E-state index in [0.717, 1.165) is 0 Å². The smallest absolute Gasteiger partial charge is 0.190 e. The minimum absolute atomic E-state index is 0. The molecule has 2 heterocycles. The first-order chi connectivity index (χ1) is 6.84. The van der Waals surface area contributed by atoms with Crippen molar-refractivity contribution >= 4 is 16.3 Å². The number of rotatable bonds is 0. The van der Waals surface area contributed by atoms with Crippen molar-refractivity contribution in [2.45, 2.75) is 0 Å². The molecule has 77 valence electrons. The van der Waals surface area contributed by atoms with Crippen LogP contribution in [0.4, 0.5) is 0 Å². The van der Waals surface area contributed by atoms with Crippen LogP contribution < -0.4 is 0 Å². The summed E-state index contributed by atoms with van der Waals surface area (Å²) in [6.45, 7) is 0. The molecule has 1 radical (unpaired) electrons. The minimum Gasteiger partial charge on any atom is -0.254 e. The fourth-order valence-corrected chi connectivity index (χ4v) is 1.91. The van der Waals surface area contributed by atoms with E-state index >= 15 is 0 Å². The number of hydrogen-bond acceptors (Lipinski definition) is 0. The predicted molar refractivity (Wildman–Crippen MR) is 58.3 cm³/mol. The van der Waals surface area contributed by atoms with Crippen molar-refractivity contribution < 1.29 is 20.1 Å². The molecule has 0 N–H and O–H groups in total. The van der Waals surface area contributed by atoms with Crippen LogP contribution in [0.1, 0.15) is 0 Å². The van der Waals surface area contributed by atoms with Gasteiger partial charge in [0, 0.05) is 38.6 Å². The van der Waals surface area contributed by atoms with Crippen LogP contribution in [0.25, 0.3) is 16.3 Å². The van der Waals surface area contributed by atoms with Crippen molar-refractivity contribution in [1.82, 2.24) is 8.97 Å². The Hall–Kier alpha value is -1.18. The largest absolute Gasteiger partial charge is 0.254 e. The van der Waals surface area contributed by atoms with Crippen molar-refractivity contribution in [1.29, 1.82) is 0 Å². The Balaban J connectivity index is 0.000000853. The Morgan fingerprint density at radius 3 is 2.80 bits per heavy atom. The molecule has 0 aliphatic carbocycles. The van der Waals surface area contributed by atoms with Gasteiger partial charge in [-0.1, -0.05) is 18.2 Å². The Morgan fingerprint density at radius 2 is 1.93 bits per heavy atom. The van der Waals surface area contributed by atoms with E-state index in [9.17, 15) is 0 Å². The van der Waals surface area contributed by atoms with Crippen molar-refractivity contribution in [3.8, 4) is 0 Å². The molecular weight excluding hydrogens is 364 g/mol. The standard InChI is InChI=1S/C12H11N2.Ir/c1-13-8-12-11-5-3-2-4-10(11)6-7-14(12)9-13;/h2-9H,1H3;/q+1;. The van der Waals surface area contributed by atoms with E-state index in [1.54, 1.807) is 0 Å². The van der Waals surface area contributed by atoms with E-state index in [1.165, 1.54) is 16.3 Å². The average Bonchev–Trinajstić information content (AvgIpc) is 2.59. The topological polar surface area (TPSA) is 9.34 Å². The van der Waals surface area contributed by atoms with Crippen LogP contribution in [0, 0.1) is 0 Å². The third-order valence-corrected chi connectivity index (χ3v) is 2.56. The molecule has 0 fully saturated rings. The van der Waals surface area contributed by atoms with Crippen LogP contribution in [0.5, 0.6) is 0 Å². The maximum Gasteiger partial charge on any atom is 0.190 e. The zero-order valence-electron chi connectivity index (χ0n) is 8.35. The van der Waals surface area contributed by atoms with Gasteiger partial charge in [-0.25, -0.2) is 0 Å². The first-order valence-electron chi connectivity index (χ1n) is 4.69. The monoisotopic (exact) mass is 376 g/mol. The molecule has 2 nitrogen and oxygen atoms in total. The van der Waals surface area contributed by atoms with Crippen molar-refractivity contribution in [2.24, 2.45) is 7.05 Å². The molecule has 3 rings (SSSR count). The zero-order chi connectivity index (χ0) is 9.54. The molecule has 0 spiro atoms. The molecule has 0 saturated carbocycles. The maximum atomic E-state index is 2.16. The molecule has 0 aliphatic rings. The molecule has 0 aliphatic heterocycles.